The average molecular weight is 214 g/mol. The molecule has 0 aliphatic rings. The Morgan fingerprint density at radius 1 is 1.71 bits per heavy atom. The van der Waals surface area contributed by atoms with Crippen LogP contribution in [0.25, 0.3) is 0 Å². The maximum Gasteiger partial charge on any atom is 0.207 e. The molecule has 0 radical (unpaired) electrons. The van der Waals surface area contributed by atoms with Crippen LogP contribution in [0.4, 0.5) is 0 Å². The van der Waals surface area contributed by atoms with Crippen molar-refractivity contribution in [3.8, 4) is 0 Å². The predicted molar refractivity (Wildman–Crippen MR) is 56.6 cm³/mol. The highest BCUT2D eigenvalue weighted by atomic mass is 32.2. The highest BCUT2D eigenvalue weighted by Crippen LogP contribution is 2.11. The van der Waals surface area contributed by atoms with Gasteiger partial charge in [0.05, 0.1) is 12.0 Å². The van der Waals surface area contributed by atoms with Crippen LogP contribution in [0.3, 0.4) is 0 Å². The molecular formula is C10H14O3S. The fraction of sp³-hybridized carbons (Fsp3) is 0.500. The second-order valence-electron chi connectivity index (χ2n) is 3.20. The van der Waals surface area contributed by atoms with E-state index in [9.17, 15) is 4.79 Å². The summed E-state index contributed by atoms with van der Waals surface area (Å²) in [6.07, 6.45) is 1.49. The zero-order chi connectivity index (χ0) is 10.4. The largest absolute Gasteiger partial charge is 0.461 e. The first-order valence-electron chi connectivity index (χ1n) is 4.49. The smallest absolute Gasteiger partial charge is 0.207 e. The van der Waals surface area contributed by atoms with Crippen LogP contribution in [0.15, 0.2) is 22.8 Å². The van der Waals surface area contributed by atoms with Crippen molar-refractivity contribution in [2.45, 2.75) is 6.92 Å². The van der Waals surface area contributed by atoms with Gasteiger partial charge in [-0.1, -0.05) is 6.92 Å². The van der Waals surface area contributed by atoms with Crippen LogP contribution < -0.4 is 0 Å². The van der Waals surface area contributed by atoms with Crippen molar-refractivity contribution in [2.24, 2.45) is 5.92 Å². The number of carbonyl (C=O) groups excluding carboxylic acids is 1. The molecule has 78 valence electrons. The minimum atomic E-state index is 0.00476. The summed E-state index contributed by atoms with van der Waals surface area (Å²) in [5, 5.41) is 8.77. The summed E-state index contributed by atoms with van der Waals surface area (Å²) in [6, 6.07) is 3.37. The van der Waals surface area contributed by atoms with Gasteiger partial charge in [-0.2, -0.15) is 11.8 Å². The van der Waals surface area contributed by atoms with Gasteiger partial charge in [-0.15, -0.1) is 0 Å². The number of thioether (sulfide) groups is 1. The van der Waals surface area contributed by atoms with Gasteiger partial charge in [-0.25, -0.2) is 0 Å². The Bertz CT molecular complexity index is 269. The van der Waals surface area contributed by atoms with E-state index < -0.39 is 0 Å². The molecule has 0 saturated heterocycles. The van der Waals surface area contributed by atoms with E-state index in [0.29, 0.717) is 11.5 Å². The van der Waals surface area contributed by atoms with Gasteiger partial charge in [0, 0.05) is 6.61 Å². The van der Waals surface area contributed by atoms with Gasteiger partial charge in [0.15, 0.2) is 5.76 Å². The molecule has 1 rings (SSSR count). The van der Waals surface area contributed by atoms with E-state index in [-0.39, 0.29) is 18.3 Å². The Morgan fingerprint density at radius 2 is 2.50 bits per heavy atom. The first-order chi connectivity index (χ1) is 6.74. The van der Waals surface area contributed by atoms with E-state index in [4.69, 9.17) is 9.52 Å². The van der Waals surface area contributed by atoms with Gasteiger partial charge in [-0.05, 0) is 23.8 Å². The third kappa shape index (κ3) is 3.55. The lowest BCUT2D eigenvalue weighted by atomic mass is 10.2. The van der Waals surface area contributed by atoms with E-state index in [0.717, 1.165) is 5.75 Å². The SMILES string of the molecule is CC(CO)CSCC(=O)c1ccco1. The van der Waals surface area contributed by atoms with Gasteiger partial charge in [0.25, 0.3) is 0 Å². The molecule has 0 saturated carbocycles. The zero-order valence-electron chi connectivity index (χ0n) is 8.10. The Labute approximate surface area is 87.5 Å². The molecule has 1 unspecified atom stereocenters. The Kier molecular flexibility index (Phi) is 4.76. The standard InChI is InChI=1S/C10H14O3S/c1-8(5-11)6-14-7-9(12)10-3-2-4-13-10/h2-4,8,11H,5-7H2,1H3. The maximum atomic E-state index is 11.4. The third-order valence-electron chi connectivity index (χ3n) is 1.74. The number of rotatable bonds is 6. The van der Waals surface area contributed by atoms with Crippen LogP contribution in [0.5, 0.6) is 0 Å². The van der Waals surface area contributed by atoms with Crippen LogP contribution in [-0.2, 0) is 0 Å². The number of Topliss-reactive ketones (excluding diaryl/α,β-unsaturated/α-hetero) is 1. The average Bonchev–Trinajstić information content (AvgIpc) is 2.70. The second-order valence-corrected chi connectivity index (χ2v) is 4.23. The van der Waals surface area contributed by atoms with Crippen molar-refractivity contribution in [1.29, 1.82) is 0 Å². The fourth-order valence-electron chi connectivity index (χ4n) is 0.914. The van der Waals surface area contributed by atoms with E-state index >= 15 is 0 Å². The van der Waals surface area contributed by atoms with Crippen LogP contribution in [0, 0.1) is 5.92 Å². The van der Waals surface area contributed by atoms with Crippen molar-refractivity contribution in [3.63, 3.8) is 0 Å². The number of carbonyl (C=O) groups is 1. The van der Waals surface area contributed by atoms with Gasteiger partial charge in [0.1, 0.15) is 0 Å². The summed E-state index contributed by atoms with van der Waals surface area (Å²) in [6.45, 7) is 2.12. The second kappa shape index (κ2) is 5.88. The summed E-state index contributed by atoms with van der Waals surface area (Å²) in [4.78, 5) is 11.4. The molecule has 0 amide bonds. The van der Waals surface area contributed by atoms with Crippen molar-refractivity contribution in [1.82, 2.24) is 0 Å². The summed E-state index contributed by atoms with van der Waals surface area (Å²) < 4.78 is 4.97. The minimum absolute atomic E-state index is 0.00476. The number of furan rings is 1. The van der Waals surface area contributed by atoms with Gasteiger partial charge in [-0.3, -0.25) is 4.79 Å². The highest BCUT2D eigenvalue weighted by Gasteiger charge is 2.09. The van der Waals surface area contributed by atoms with Crippen LogP contribution in [0.2, 0.25) is 0 Å². The molecular weight excluding hydrogens is 200 g/mol. The van der Waals surface area contributed by atoms with E-state index in [1.54, 1.807) is 12.1 Å². The normalized spacial score (nSPS) is 12.7. The molecule has 0 aromatic carbocycles. The first kappa shape index (κ1) is 11.3. The molecule has 0 aliphatic carbocycles. The molecule has 0 spiro atoms. The summed E-state index contributed by atoms with van der Waals surface area (Å²) in [5.74, 6) is 1.87. The molecule has 0 fully saturated rings. The lowest BCUT2D eigenvalue weighted by Gasteiger charge is -2.05. The van der Waals surface area contributed by atoms with E-state index in [1.165, 1.54) is 18.0 Å². The molecule has 0 aliphatic heterocycles. The summed E-state index contributed by atoms with van der Waals surface area (Å²) >= 11 is 1.52. The summed E-state index contributed by atoms with van der Waals surface area (Å²) in [5.41, 5.74) is 0. The topological polar surface area (TPSA) is 50.4 Å². The van der Waals surface area contributed by atoms with Gasteiger partial charge < -0.3 is 9.52 Å². The number of hydrogen-bond acceptors (Lipinski definition) is 4. The first-order valence-corrected chi connectivity index (χ1v) is 5.64. The van der Waals surface area contributed by atoms with Crippen LogP contribution in [0.1, 0.15) is 17.5 Å². The Morgan fingerprint density at radius 3 is 3.07 bits per heavy atom. The van der Waals surface area contributed by atoms with Crippen molar-refractivity contribution in [2.75, 3.05) is 18.1 Å². The molecule has 14 heavy (non-hydrogen) atoms. The van der Waals surface area contributed by atoms with E-state index in [2.05, 4.69) is 0 Å². The Balaban J connectivity index is 2.23. The molecule has 0 bridgehead atoms. The third-order valence-corrected chi connectivity index (χ3v) is 3.01. The van der Waals surface area contributed by atoms with Crippen molar-refractivity contribution < 1.29 is 14.3 Å². The highest BCUT2D eigenvalue weighted by molar-refractivity contribution is 7.99. The van der Waals surface area contributed by atoms with E-state index in [1.807, 2.05) is 6.92 Å². The molecule has 1 N–H and O–H groups in total. The van der Waals surface area contributed by atoms with Crippen molar-refractivity contribution in [3.05, 3.63) is 24.2 Å². The van der Waals surface area contributed by atoms with Crippen LogP contribution >= 0.6 is 11.8 Å². The monoisotopic (exact) mass is 214 g/mol. The number of hydrogen-bond donors (Lipinski definition) is 1. The molecule has 1 aromatic heterocycles. The molecule has 3 nitrogen and oxygen atoms in total. The molecule has 1 aromatic rings. The minimum Gasteiger partial charge on any atom is -0.461 e. The predicted octanol–water partition coefficient (Wildman–Crippen LogP) is 1.82. The number of aliphatic hydroxyl groups excluding tert-OH is 1. The zero-order valence-corrected chi connectivity index (χ0v) is 8.92. The van der Waals surface area contributed by atoms with Crippen molar-refractivity contribution >= 4 is 17.5 Å². The van der Waals surface area contributed by atoms with Gasteiger partial charge >= 0.3 is 0 Å². The maximum absolute atomic E-state index is 11.4. The fourth-order valence-corrected chi connectivity index (χ4v) is 1.87. The number of ketones is 1. The van der Waals surface area contributed by atoms with Gasteiger partial charge in [0.2, 0.25) is 5.78 Å². The quantitative estimate of drug-likeness (QED) is 0.734. The molecule has 4 heteroatoms. The lowest BCUT2D eigenvalue weighted by molar-refractivity contribution is 0.0992. The summed E-state index contributed by atoms with van der Waals surface area (Å²) in [7, 11) is 0. The Hall–Kier alpha value is -0.740. The lowest BCUT2D eigenvalue weighted by Crippen LogP contribution is -2.07. The number of aliphatic hydroxyl groups is 1. The molecule has 1 atom stereocenters. The van der Waals surface area contributed by atoms with Crippen LogP contribution in [-0.4, -0.2) is 29.0 Å². The molecule has 1 heterocycles.